The molecule has 0 aromatic carbocycles. The summed E-state index contributed by atoms with van der Waals surface area (Å²) in [4.78, 5) is 23.0. The van der Waals surface area contributed by atoms with Crippen LogP contribution in [0.1, 0.15) is 19.3 Å². The third-order valence-electron chi connectivity index (χ3n) is 3.91. The van der Waals surface area contributed by atoms with Crippen molar-refractivity contribution in [2.24, 2.45) is 11.3 Å². The molecule has 2 bridgehead atoms. The molecular formula is C10H14NO4-. The molecule has 1 N–H and O–H groups in total. The van der Waals surface area contributed by atoms with E-state index in [2.05, 4.69) is 0 Å². The molecule has 0 saturated carbocycles. The molecule has 15 heavy (non-hydrogen) atoms. The van der Waals surface area contributed by atoms with Crippen LogP contribution >= 0.6 is 0 Å². The number of carboxylic acid groups (broad SMARTS) is 2. The van der Waals surface area contributed by atoms with Crippen LogP contribution in [-0.2, 0) is 9.59 Å². The van der Waals surface area contributed by atoms with Crippen LogP contribution in [0.4, 0.5) is 0 Å². The summed E-state index contributed by atoms with van der Waals surface area (Å²) in [6.07, 6.45) is 1.18. The standard InChI is InChI=1S/C10H15NO4/c12-8(13)5-10(9(14)15)6-11-3-1-7(10)2-4-11/h7H,1-6H2,(H,12,13)(H,14,15)/p-1/t10-/m1/s1. The number of quaternary nitrogens is 1. The van der Waals surface area contributed by atoms with Gasteiger partial charge in [0.2, 0.25) is 0 Å². The van der Waals surface area contributed by atoms with Crippen molar-refractivity contribution in [2.45, 2.75) is 19.3 Å². The molecule has 0 amide bonds. The lowest BCUT2D eigenvalue weighted by Gasteiger charge is -2.51. The molecule has 0 aliphatic carbocycles. The van der Waals surface area contributed by atoms with Gasteiger partial charge in [-0.2, -0.15) is 0 Å². The normalized spacial score (nSPS) is 38.9. The van der Waals surface area contributed by atoms with Crippen molar-refractivity contribution >= 4 is 11.9 Å². The van der Waals surface area contributed by atoms with E-state index in [1.54, 1.807) is 0 Å². The maximum absolute atomic E-state index is 11.2. The molecule has 0 unspecified atom stereocenters. The van der Waals surface area contributed by atoms with Crippen LogP contribution in [0.5, 0.6) is 0 Å². The second-order valence-electron chi connectivity index (χ2n) is 4.69. The lowest BCUT2D eigenvalue weighted by Crippen LogP contribution is -3.17. The fourth-order valence-electron chi connectivity index (χ4n) is 3.12. The highest BCUT2D eigenvalue weighted by Gasteiger charge is 2.50. The third kappa shape index (κ3) is 1.61. The summed E-state index contributed by atoms with van der Waals surface area (Å²) in [5, 5.41) is 21.8. The average molecular weight is 212 g/mol. The Labute approximate surface area is 87.7 Å². The summed E-state index contributed by atoms with van der Waals surface area (Å²) in [6, 6.07) is 0. The van der Waals surface area contributed by atoms with Crippen LogP contribution < -0.4 is 15.1 Å². The molecule has 3 aliphatic heterocycles. The zero-order valence-electron chi connectivity index (χ0n) is 8.45. The molecule has 3 rings (SSSR count). The number of aliphatic carboxylic acids is 2. The summed E-state index contributed by atoms with van der Waals surface area (Å²) in [6.45, 7) is 2.29. The molecule has 3 fully saturated rings. The number of carbonyl (C=O) groups excluding carboxylic acids is 2. The summed E-state index contributed by atoms with van der Waals surface area (Å²) < 4.78 is 0. The first kappa shape index (κ1) is 10.4. The highest BCUT2D eigenvalue weighted by Crippen LogP contribution is 2.38. The zero-order valence-corrected chi connectivity index (χ0v) is 8.45. The SMILES string of the molecule is O=C([O-])C[C@@]1(C(=O)[O-])C[NH+]2CCC1CC2. The minimum Gasteiger partial charge on any atom is -0.550 e. The van der Waals surface area contributed by atoms with Gasteiger partial charge in [0.25, 0.3) is 0 Å². The van der Waals surface area contributed by atoms with Crippen molar-refractivity contribution in [3.63, 3.8) is 0 Å². The quantitative estimate of drug-likeness (QED) is 0.519. The zero-order chi connectivity index (χ0) is 11.1. The molecule has 5 heteroatoms. The summed E-state index contributed by atoms with van der Waals surface area (Å²) in [5.41, 5.74) is -1.18. The van der Waals surface area contributed by atoms with Gasteiger partial charge in [-0.1, -0.05) is 0 Å². The Hall–Kier alpha value is -1.10. The summed E-state index contributed by atoms with van der Waals surface area (Å²) >= 11 is 0. The van der Waals surface area contributed by atoms with Gasteiger partial charge in [0.05, 0.1) is 31.0 Å². The van der Waals surface area contributed by atoms with E-state index in [-0.39, 0.29) is 5.92 Å². The number of nitrogens with one attached hydrogen (secondary N) is 1. The van der Waals surface area contributed by atoms with Crippen molar-refractivity contribution in [1.29, 1.82) is 0 Å². The monoisotopic (exact) mass is 212 g/mol. The number of piperidine rings is 3. The Morgan fingerprint density at radius 1 is 1.27 bits per heavy atom. The highest BCUT2D eigenvalue weighted by atomic mass is 16.4. The topological polar surface area (TPSA) is 84.7 Å². The fraction of sp³-hybridized carbons (Fsp3) is 0.800. The van der Waals surface area contributed by atoms with Gasteiger partial charge >= 0.3 is 0 Å². The van der Waals surface area contributed by atoms with Gasteiger partial charge < -0.3 is 24.7 Å². The van der Waals surface area contributed by atoms with Crippen molar-refractivity contribution in [3.05, 3.63) is 0 Å². The van der Waals surface area contributed by atoms with E-state index in [1.165, 1.54) is 4.90 Å². The molecule has 1 atom stereocenters. The number of hydrogen-bond acceptors (Lipinski definition) is 4. The predicted molar refractivity (Wildman–Crippen MR) is 45.4 cm³/mol. The smallest absolute Gasteiger partial charge is 0.0887 e. The molecular weight excluding hydrogens is 198 g/mol. The lowest BCUT2D eigenvalue weighted by molar-refractivity contribution is -0.924. The van der Waals surface area contributed by atoms with Crippen molar-refractivity contribution in [2.75, 3.05) is 19.6 Å². The lowest BCUT2D eigenvalue weighted by atomic mass is 9.65. The second kappa shape index (κ2) is 3.48. The van der Waals surface area contributed by atoms with Crippen LogP contribution in [0.2, 0.25) is 0 Å². The Morgan fingerprint density at radius 2 is 1.87 bits per heavy atom. The van der Waals surface area contributed by atoms with Crippen molar-refractivity contribution in [3.8, 4) is 0 Å². The molecule has 0 spiro atoms. The average Bonchev–Trinajstić information content (AvgIpc) is 2.18. The fourth-order valence-corrected chi connectivity index (χ4v) is 3.12. The van der Waals surface area contributed by atoms with E-state index in [0.29, 0.717) is 6.54 Å². The molecule has 0 aromatic heterocycles. The van der Waals surface area contributed by atoms with E-state index >= 15 is 0 Å². The van der Waals surface area contributed by atoms with Crippen molar-refractivity contribution in [1.82, 2.24) is 0 Å². The van der Waals surface area contributed by atoms with E-state index in [4.69, 9.17) is 0 Å². The Morgan fingerprint density at radius 3 is 2.20 bits per heavy atom. The van der Waals surface area contributed by atoms with Crippen LogP contribution in [0.15, 0.2) is 0 Å². The predicted octanol–water partition coefficient (Wildman–Crippen LogP) is -3.83. The number of carboxylic acids is 2. The van der Waals surface area contributed by atoms with Gasteiger partial charge in [0.15, 0.2) is 0 Å². The Kier molecular flexibility index (Phi) is 2.42. The van der Waals surface area contributed by atoms with E-state index in [0.717, 1.165) is 25.9 Å². The van der Waals surface area contributed by atoms with E-state index < -0.39 is 23.8 Å². The number of hydrogen-bond donors (Lipinski definition) is 1. The molecule has 0 aromatic rings. The first-order chi connectivity index (χ1) is 7.04. The van der Waals surface area contributed by atoms with E-state index in [1.807, 2.05) is 0 Å². The molecule has 3 saturated heterocycles. The highest BCUT2D eigenvalue weighted by molar-refractivity contribution is 5.80. The largest absolute Gasteiger partial charge is 0.550 e. The first-order valence-corrected chi connectivity index (χ1v) is 5.29. The van der Waals surface area contributed by atoms with Crippen LogP contribution in [0.3, 0.4) is 0 Å². The van der Waals surface area contributed by atoms with Gasteiger partial charge in [0, 0.05) is 25.2 Å². The molecule has 0 radical (unpaired) electrons. The maximum atomic E-state index is 11.2. The third-order valence-corrected chi connectivity index (χ3v) is 3.91. The minimum absolute atomic E-state index is 0.0436. The van der Waals surface area contributed by atoms with Gasteiger partial charge in [-0.15, -0.1) is 0 Å². The van der Waals surface area contributed by atoms with Gasteiger partial charge in [-0.3, -0.25) is 0 Å². The Balaban J connectivity index is 2.26. The molecule has 5 nitrogen and oxygen atoms in total. The molecule has 84 valence electrons. The van der Waals surface area contributed by atoms with Crippen molar-refractivity contribution < 1.29 is 24.7 Å². The second-order valence-corrected chi connectivity index (χ2v) is 4.69. The summed E-state index contributed by atoms with van der Waals surface area (Å²) in [7, 11) is 0. The Bertz CT molecular complexity index is 296. The van der Waals surface area contributed by atoms with Gasteiger partial charge in [-0.25, -0.2) is 0 Å². The van der Waals surface area contributed by atoms with E-state index in [9.17, 15) is 19.8 Å². The van der Waals surface area contributed by atoms with Crippen LogP contribution in [0, 0.1) is 11.3 Å². The summed E-state index contributed by atoms with van der Waals surface area (Å²) in [5.74, 6) is -2.54. The minimum atomic E-state index is -1.28. The van der Waals surface area contributed by atoms with Crippen LogP contribution in [-0.4, -0.2) is 31.6 Å². The number of carbonyl (C=O) groups is 2. The number of fused-ring (bicyclic) bond motifs is 3. The number of rotatable bonds is 3. The molecule has 3 heterocycles. The molecule has 3 aliphatic rings. The van der Waals surface area contributed by atoms with Crippen LogP contribution in [0.25, 0.3) is 0 Å². The van der Waals surface area contributed by atoms with Gasteiger partial charge in [-0.05, 0) is 5.92 Å². The van der Waals surface area contributed by atoms with Gasteiger partial charge in [0.1, 0.15) is 0 Å². The first-order valence-electron chi connectivity index (χ1n) is 5.29. The maximum Gasteiger partial charge on any atom is 0.0887 e.